The lowest BCUT2D eigenvalue weighted by Gasteiger charge is -2.21. The van der Waals surface area contributed by atoms with Crippen molar-refractivity contribution in [1.82, 2.24) is 5.32 Å². The molecule has 0 fully saturated rings. The number of nitrogens with one attached hydrogen (secondary N) is 1. The smallest absolute Gasteiger partial charge is 0.407 e. The molecular weight excluding hydrogens is 348 g/mol. The number of benzene rings is 1. The fourth-order valence-corrected chi connectivity index (χ4v) is 2.08. The number of phenols is 1. The molecular formula is C16H22N2O8. The van der Waals surface area contributed by atoms with Crippen molar-refractivity contribution < 1.29 is 34.6 Å². The van der Waals surface area contributed by atoms with E-state index in [-0.39, 0.29) is 30.4 Å². The van der Waals surface area contributed by atoms with Gasteiger partial charge in [0.25, 0.3) is 0 Å². The van der Waals surface area contributed by atoms with Crippen molar-refractivity contribution >= 4 is 18.1 Å². The first kappa shape index (κ1) is 21.3. The quantitative estimate of drug-likeness (QED) is 0.318. The molecule has 1 amide bonds. The van der Waals surface area contributed by atoms with E-state index < -0.39 is 40.3 Å². The highest BCUT2D eigenvalue weighted by Gasteiger charge is 2.25. The molecule has 0 aliphatic rings. The highest BCUT2D eigenvalue weighted by molar-refractivity contribution is 5.82. The lowest BCUT2D eigenvalue weighted by molar-refractivity contribution is -0.386. The summed E-state index contributed by atoms with van der Waals surface area (Å²) < 4.78 is 5.01. The Morgan fingerprint density at radius 1 is 1.38 bits per heavy atom. The molecule has 0 saturated carbocycles. The maximum atomic E-state index is 11.5. The number of nitrogens with zero attached hydrogens (tertiary/aromatic N) is 1. The van der Waals surface area contributed by atoms with Gasteiger partial charge in [-0.05, 0) is 38.8 Å². The summed E-state index contributed by atoms with van der Waals surface area (Å²) in [5.41, 5.74) is -1.94. The summed E-state index contributed by atoms with van der Waals surface area (Å²) in [4.78, 5) is 32.4. The molecule has 1 aromatic rings. The van der Waals surface area contributed by atoms with E-state index in [0.717, 1.165) is 12.1 Å². The minimum absolute atomic E-state index is 0.0200. The summed E-state index contributed by atoms with van der Waals surface area (Å²) >= 11 is 0. The van der Waals surface area contributed by atoms with Crippen molar-refractivity contribution in [3.63, 3.8) is 0 Å². The van der Waals surface area contributed by atoms with Crippen molar-refractivity contribution in [2.45, 2.75) is 45.0 Å². The third-order valence-electron chi connectivity index (χ3n) is 3.28. The van der Waals surface area contributed by atoms with Crippen LogP contribution < -0.4 is 5.32 Å². The van der Waals surface area contributed by atoms with Gasteiger partial charge in [-0.15, -0.1) is 0 Å². The first-order valence-electron chi connectivity index (χ1n) is 7.75. The van der Waals surface area contributed by atoms with Crippen LogP contribution in [0.5, 0.6) is 5.75 Å². The molecule has 1 aromatic carbocycles. The SMILES string of the molecule is CC(C)(C)OC(=O)NCCC(O)C(O)c1cc(C=O)c(O)c([N+](=O)[O-])c1. The Morgan fingerprint density at radius 3 is 2.50 bits per heavy atom. The number of phenolic OH excluding ortho intramolecular Hbond substituents is 1. The Morgan fingerprint density at radius 2 is 2.00 bits per heavy atom. The minimum atomic E-state index is -1.56. The first-order chi connectivity index (χ1) is 12.0. The van der Waals surface area contributed by atoms with Crippen LogP contribution in [0.15, 0.2) is 12.1 Å². The van der Waals surface area contributed by atoms with Gasteiger partial charge >= 0.3 is 11.8 Å². The number of alkyl carbamates (subject to hydrolysis) is 1. The van der Waals surface area contributed by atoms with Crippen LogP contribution >= 0.6 is 0 Å². The van der Waals surface area contributed by atoms with Gasteiger partial charge in [0, 0.05) is 12.6 Å². The van der Waals surface area contributed by atoms with Crippen LogP contribution in [0.4, 0.5) is 10.5 Å². The van der Waals surface area contributed by atoms with Crippen LogP contribution in [0, 0.1) is 10.1 Å². The van der Waals surface area contributed by atoms with Crippen molar-refractivity contribution in [3.8, 4) is 5.75 Å². The van der Waals surface area contributed by atoms with Gasteiger partial charge in [-0.25, -0.2) is 4.79 Å². The van der Waals surface area contributed by atoms with Gasteiger partial charge in [-0.2, -0.15) is 0 Å². The van der Waals surface area contributed by atoms with Crippen molar-refractivity contribution in [2.24, 2.45) is 0 Å². The molecule has 26 heavy (non-hydrogen) atoms. The van der Waals surface area contributed by atoms with Gasteiger partial charge in [0.05, 0.1) is 16.6 Å². The molecule has 10 heteroatoms. The molecule has 10 nitrogen and oxygen atoms in total. The van der Waals surface area contributed by atoms with Gasteiger partial charge in [-0.1, -0.05) is 0 Å². The second-order valence-corrected chi connectivity index (χ2v) is 6.58. The van der Waals surface area contributed by atoms with Crippen molar-refractivity contribution in [3.05, 3.63) is 33.4 Å². The molecule has 2 atom stereocenters. The predicted octanol–water partition coefficient (Wildman–Crippen LogP) is 1.42. The second kappa shape index (κ2) is 8.59. The molecule has 0 bridgehead atoms. The second-order valence-electron chi connectivity index (χ2n) is 6.58. The number of aromatic hydroxyl groups is 1. The summed E-state index contributed by atoms with van der Waals surface area (Å²) in [7, 11) is 0. The summed E-state index contributed by atoms with van der Waals surface area (Å²) in [5.74, 6) is -0.818. The molecule has 0 aliphatic heterocycles. The summed E-state index contributed by atoms with van der Waals surface area (Å²) in [6.45, 7) is 5.04. The number of nitro benzene ring substituents is 1. The lowest BCUT2D eigenvalue weighted by Crippen LogP contribution is -2.34. The van der Waals surface area contributed by atoms with E-state index in [0.29, 0.717) is 0 Å². The normalized spacial score (nSPS) is 13.6. The molecule has 0 aromatic heterocycles. The van der Waals surface area contributed by atoms with E-state index >= 15 is 0 Å². The number of aliphatic hydroxyl groups excluding tert-OH is 2. The molecule has 0 radical (unpaired) electrons. The van der Waals surface area contributed by atoms with Crippen LogP contribution in [-0.4, -0.2) is 50.9 Å². The fourth-order valence-electron chi connectivity index (χ4n) is 2.08. The summed E-state index contributed by atoms with van der Waals surface area (Å²) in [6, 6.07) is 1.92. The van der Waals surface area contributed by atoms with E-state index in [2.05, 4.69) is 5.32 Å². The van der Waals surface area contributed by atoms with E-state index in [1.54, 1.807) is 20.8 Å². The average Bonchev–Trinajstić information content (AvgIpc) is 2.52. The minimum Gasteiger partial charge on any atom is -0.502 e. The molecule has 144 valence electrons. The number of nitro groups is 1. The van der Waals surface area contributed by atoms with Gasteiger partial charge in [0.15, 0.2) is 6.29 Å². The Bertz CT molecular complexity index is 684. The third-order valence-corrected chi connectivity index (χ3v) is 3.28. The number of ether oxygens (including phenoxy) is 1. The van der Waals surface area contributed by atoms with Crippen molar-refractivity contribution in [2.75, 3.05) is 6.54 Å². The molecule has 4 N–H and O–H groups in total. The molecule has 0 heterocycles. The Hall–Kier alpha value is -2.72. The number of amides is 1. The molecule has 2 unspecified atom stereocenters. The van der Waals surface area contributed by atoms with Crippen LogP contribution in [0.1, 0.15) is 49.2 Å². The predicted molar refractivity (Wildman–Crippen MR) is 90.0 cm³/mol. The van der Waals surface area contributed by atoms with Crippen molar-refractivity contribution in [1.29, 1.82) is 0 Å². The van der Waals surface area contributed by atoms with E-state index in [1.807, 2.05) is 0 Å². The molecule has 0 saturated heterocycles. The number of hydrogen-bond donors (Lipinski definition) is 4. The maximum Gasteiger partial charge on any atom is 0.407 e. The highest BCUT2D eigenvalue weighted by Crippen LogP contribution is 2.33. The topological polar surface area (TPSA) is 159 Å². The van der Waals surface area contributed by atoms with E-state index in [9.17, 15) is 35.0 Å². The van der Waals surface area contributed by atoms with Crippen LogP contribution in [-0.2, 0) is 4.74 Å². The zero-order valence-corrected chi connectivity index (χ0v) is 14.6. The lowest BCUT2D eigenvalue weighted by atomic mass is 9.99. The number of rotatable bonds is 7. The molecule has 1 rings (SSSR count). The third kappa shape index (κ3) is 5.97. The number of carbonyl (C=O) groups is 2. The summed E-state index contributed by atoms with van der Waals surface area (Å²) in [6.07, 6.45) is -3.51. The Labute approximate surface area is 149 Å². The zero-order valence-electron chi connectivity index (χ0n) is 14.6. The Balaban J connectivity index is 2.78. The molecule has 0 aliphatic carbocycles. The summed E-state index contributed by atoms with van der Waals surface area (Å²) in [5, 5.41) is 43.1. The highest BCUT2D eigenvalue weighted by atomic mass is 16.6. The van der Waals surface area contributed by atoms with Crippen LogP contribution in [0.3, 0.4) is 0 Å². The zero-order chi connectivity index (χ0) is 20.1. The molecule has 0 spiro atoms. The number of carbonyl (C=O) groups excluding carboxylic acids is 2. The number of aliphatic hydroxyl groups is 2. The van der Waals surface area contributed by atoms with Gasteiger partial charge < -0.3 is 25.4 Å². The number of aldehydes is 1. The largest absolute Gasteiger partial charge is 0.502 e. The monoisotopic (exact) mass is 370 g/mol. The fraction of sp³-hybridized carbons (Fsp3) is 0.500. The van der Waals surface area contributed by atoms with E-state index in [1.165, 1.54) is 0 Å². The van der Waals surface area contributed by atoms with Crippen LogP contribution in [0.2, 0.25) is 0 Å². The Kier molecular flexibility index (Phi) is 7.04. The average molecular weight is 370 g/mol. The standard InChI is InChI=1S/C16H22N2O8/c1-16(2,3)26-15(23)17-5-4-12(20)14(22)9-6-10(8-19)13(21)11(7-9)18(24)25/h6-8,12,14,20-22H,4-5H2,1-3H3,(H,17,23). The number of hydrogen-bond acceptors (Lipinski definition) is 8. The van der Waals surface area contributed by atoms with Crippen LogP contribution in [0.25, 0.3) is 0 Å². The van der Waals surface area contributed by atoms with E-state index in [4.69, 9.17) is 4.74 Å². The van der Waals surface area contributed by atoms with Gasteiger partial charge in [0.1, 0.15) is 11.7 Å². The maximum absolute atomic E-state index is 11.5. The first-order valence-corrected chi connectivity index (χ1v) is 7.75. The van der Waals surface area contributed by atoms with Gasteiger partial charge in [0.2, 0.25) is 5.75 Å². The van der Waals surface area contributed by atoms with Gasteiger partial charge in [-0.3, -0.25) is 14.9 Å².